The molecule has 0 atom stereocenters. The van der Waals surface area contributed by atoms with Crippen LogP contribution in [0.25, 0.3) is 0 Å². The van der Waals surface area contributed by atoms with Gasteiger partial charge in [0.15, 0.2) is 0 Å². The van der Waals surface area contributed by atoms with Crippen molar-refractivity contribution in [2.24, 2.45) is 0 Å². The average molecular weight is 264 g/mol. The maximum atomic E-state index is 2.43. The van der Waals surface area contributed by atoms with Gasteiger partial charge in [-0.25, -0.2) is 0 Å². The highest BCUT2D eigenvalue weighted by Gasteiger charge is 2.19. The Labute approximate surface area is 122 Å². The van der Waals surface area contributed by atoms with Crippen LogP contribution in [0, 0.1) is 0 Å². The molecule has 0 aromatic heterocycles. The number of fused-ring (bicyclic) bond motifs is 2. The molecule has 1 aliphatic carbocycles. The van der Waals surface area contributed by atoms with Crippen LogP contribution in [0.5, 0.6) is 0 Å². The van der Waals surface area contributed by atoms with E-state index in [1.165, 1.54) is 27.8 Å². The molecule has 0 radical (unpaired) electrons. The number of rotatable bonds is 2. The Kier molecular flexibility index (Phi) is 3.41. The summed E-state index contributed by atoms with van der Waals surface area (Å²) in [4.78, 5) is 0. The van der Waals surface area contributed by atoms with Crippen LogP contribution >= 0.6 is 0 Å². The van der Waals surface area contributed by atoms with Gasteiger partial charge >= 0.3 is 0 Å². The van der Waals surface area contributed by atoms with E-state index >= 15 is 0 Å². The first-order chi connectivity index (χ1) is 9.56. The summed E-state index contributed by atoms with van der Waals surface area (Å²) in [5.41, 5.74) is 9.16. The van der Waals surface area contributed by atoms with E-state index in [0.29, 0.717) is 11.8 Å². The van der Waals surface area contributed by atoms with Crippen LogP contribution in [-0.4, -0.2) is 0 Å². The molecule has 20 heavy (non-hydrogen) atoms. The van der Waals surface area contributed by atoms with Crippen molar-refractivity contribution >= 4 is 0 Å². The molecule has 0 bridgehead atoms. The Hall–Kier alpha value is -1.56. The van der Waals surface area contributed by atoms with Gasteiger partial charge in [0.25, 0.3) is 0 Å². The Balaban J connectivity index is 2.06. The molecule has 0 N–H and O–H groups in total. The molecular weight excluding hydrogens is 240 g/mol. The summed E-state index contributed by atoms with van der Waals surface area (Å²) in [6.45, 7) is 9.15. The lowest BCUT2D eigenvalue weighted by Gasteiger charge is -2.25. The first-order valence-corrected chi connectivity index (χ1v) is 7.78. The Morgan fingerprint density at radius 3 is 2.25 bits per heavy atom. The van der Waals surface area contributed by atoms with E-state index in [2.05, 4.69) is 64.1 Å². The Morgan fingerprint density at radius 1 is 0.750 bits per heavy atom. The smallest absolute Gasteiger partial charge is 0.00171 e. The van der Waals surface area contributed by atoms with Crippen molar-refractivity contribution in [2.75, 3.05) is 0 Å². The number of hydrogen-bond donors (Lipinski definition) is 0. The minimum absolute atomic E-state index is 0.611. The van der Waals surface area contributed by atoms with Crippen molar-refractivity contribution in [1.82, 2.24) is 0 Å². The zero-order valence-corrected chi connectivity index (χ0v) is 13.0. The van der Waals surface area contributed by atoms with Gasteiger partial charge in [0, 0.05) is 0 Å². The number of hydrogen-bond acceptors (Lipinski definition) is 0. The third-order valence-electron chi connectivity index (χ3n) is 4.58. The lowest BCUT2D eigenvalue weighted by Crippen LogP contribution is -2.11. The molecule has 0 aliphatic heterocycles. The predicted octanol–water partition coefficient (Wildman–Crippen LogP) is 5.43. The van der Waals surface area contributed by atoms with Crippen LogP contribution in [0.3, 0.4) is 0 Å². The zero-order valence-electron chi connectivity index (χ0n) is 13.0. The molecule has 0 nitrogen and oxygen atoms in total. The molecule has 0 spiro atoms. The second-order valence-electron chi connectivity index (χ2n) is 6.68. The zero-order chi connectivity index (χ0) is 14.3. The fourth-order valence-electron chi connectivity index (χ4n) is 3.31. The summed E-state index contributed by atoms with van der Waals surface area (Å²) < 4.78 is 0. The lowest BCUT2D eigenvalue weighted by molar-refractivity contribution is 0.826. The fourth-order valence-corrected chi connectivity index (χ4v) is 3.31. The first kappa shape index (κ1) is 13.4. The highest BCUT2D eigenvalue weighted by atomic mass is 14.2. The summed E-state index contributed by atoms with van der Waals surface area (Å²) in [6, 6.07) is 13.9. The number of benzene rings is 2. The van der Waals surface area contributed by atoms with Gasteiger partial charge in [-0.1, -0.05) is 64.1 Å². The highest BCUT2D eigenvalue weighted by molar-refractivity contribution is 5.50. The molecule has 2 aromatic rings. The maximum Gasteiger partial charge on any atom is -0.00171 e. The Bertz CT molecular complexity index is 632. The standard InChI is InChI=1S/C20H24/c1-13(2)15-8-9-16-11-17-6-5-7-19(14(3)4)20(17)12-18(16)10-15/h5-10,13-14H,11-12H2,1-4H3. The Morgan fingerprint density at radius 2 is 1.55 bits per heavy atom. The maximum absolute atomic E-state index is 2.43. The quantitative estimate of drug-likeness (QED) is 0.579. The molecule has 0 saturated carbocycles. The van der Waals surface area contributed by atoms with Gasteiger partial charge in [0.1, 0.15) is 0 Å². The van der Waals surface area contributed by atoms with Crippen molar-refractivity contribution < 1.29 is 0 Å². The van der Waals surface area contributed by atoms with E-state index in [0.717, 1.165) is 12.8 Å². The van der Waals surface area contributed by atoms with Gasteiger partial charge in [-0.3, -0.25) is 0 Å². The van der Waals surface area contributed by atoms with Crippen LogP contribution in [0.4, 0.5) is 0 Å². The normalized spacial score (nSPS) is 13.5. The second kappa shape index (κ2) is 5.09. The molecule has 1 aliphatic rings. The van der Waals surface area contributed by atoms with E-state index in [-0.39, 0.29) is 0 Å². The van der Waals surface area contributed by atoms with E-state index in [9.17, 15) is 0 Å². The molecule has 2 aromatic carbocycles. The molecular formula is C20H24. The van der Waals surface area contributed by atoms with Crippen LogP contribution in [0.15, 0.2) is 36.4 Å². The molecule has 0 saturated heterocycles. The van der Waals surface area contributed by atoms with Crippen LogP contribution in [-0.2, 0) is 12.8 Å². The van der Waals surface area contributed by atoms with E-state index < -0.39 is 0 Å². The van der Waals surface area contributed by atoms with Crippen LogP contribution in [0.1, 0.15) is 72.9 Å². The molecule has 0 fully saturated rings. The van der Waals surface area contributed by atoms with E-state index in [4.69, 9.17) is 0 Å². The van der Waals surface area contributed by atoms with Gasteiger partial charge in [-0.05, 0) is 58.1 Å². The first-order valence-electron chi connectivity index (χ1n) is 7.78. The van der Waals surface area contributed by atoms with E-state index in [1.54, 1.807) is 5.56 Å². The molecule has 3 rings (SSSR count). The molecule has 0 amide bonds. The largest absolute Gasteiger partial charge is 0.0617 e. The van der Waals surface area contributed by atoms with Crippen molar-refractivity contribution in [3.05, 3.63) is 69.8 Å². The van der Waals surface area contributed by atoms with Gasteiger partial charge < -0.3 is 0 Å². The topological polar surface area (TPSA) is 0 Å². The summed E-state index contributed by atoms with van der Waals surface area (Å²) >= 11 is 0. The predicted molar refractivity (Wildman–Crippen MR) is 86.7 cm³/mol. The van der Waals surface area contributed by atoms with Crippen LogP contribution < -0.4 is 0 Å². The summed E-state index contributed by atoms with van der Waals surface area (Å²) in [5, 5.41) is 0. The SMILES string of the molecule is CC(C)c1ccc2c(c1)Cc1c(cccc1C(C)C)C2. The summed E-state index contributed by atoms with van der Waals surface area (Å²) in [6.07, 6.45) is 2.21. The van der Waals surface area contributed by atoms with Crippen molar-refractivity contribution in [1.29, 1.82) is 0 Å². The van der Waals surface area contributed by atoms with Crippen molar-refractivity contribution in [2.45, 2.75) is 52.4 Å². The minimum Gasteiger partial charge on any atom is -0.0617 e. The van der Waals surface area contributed by atoms with Gasteiger partial charge in [0.05, 0.1) is 0 Å². The molecule has 0 heteroatoms. The third kappa shape index (κ3) is 2.28. The van der Waals surface area contributed by atoms with Gasteiger partial charge in [-0.2, -0.15) is 0 Å². The van der Waals surface area contributed by atoms with E-state index in [1.807, 2.05) is 0 Å². The summed E-state index contributed by atoms with van der Waals surface area (Å²) in [5.74, 6) is 1.22. The summed E-state index contributed by atoms with van der Waals surface area (Å²) in [7, 11) is 0. The van der Waals surface area contributed by atoms with Gasteiger partial charge in [0.2, 0.25) is 0 Å². The third-order valence-corrected chi connectivity index (χ3v) is 4.58. The van der Waals surface area contributed by atoms with Gasteiger partial charge in [-0.15, -0.1) is 0 Å². The second-order valence-corrected chi connectivity index (χ2v) is 6.68. The minimum atomic E-state index is 0.611. The fraction of sp³-hybridized carbons (Fsp3) is 0.400. The van der Waals surface area contributed by atoms with Crippen molar-refractivity contribution in [3.8, 4) is 0 Å². The molecule has 0 unspecified atom stereocenters. The highest BCUT2D eigenvalue weighted by Crippen LogP contribution is 2.33. The monoisotopic (exact) mass is 264 g/mol. The molecule has 0 heterocycles. The molecule has 104 valence electrons. The van der Waals surface area contributed by atoms with Crippen LogP contribution in [0.2, 0.25) is 0 Å². The lowest BCUT2D eigenvalue weighted by atomic mass is 9.80. The average Bonchev–Trinajstić information content (AvgIpc) is 2.43. The van der Waals surface area contributed by atoms with Crippen molar-refractivity contribution in [3.63, 3.8) is 0 Å².